The van der Waals surface area contributed by atoms with E-state index in [4.69, 9.17) is 0 Å². The summed E-state index contributed by atoms with van der Waals surface area (Å²) in [5, 5.41) is 14.7. The molecule has 1 aliphatic carbocycles. The molecular formula is C20H25N3O2S2. The molecule has 0 saturated heterocycles. The molecule has 0 amide bonds. The van der Waals surface area contributed by atoms with Gasteiger partial charge in [0.15, 0.2) is 5.16 Å². The average molecular weight is 404 g/mol. The van der Waals surface area contributed by atoms with Gasteiger partial charge in [-0.3, -0.25) is 0 Å². The Kier molecular flexibility index (Phi) is 7.01. The number of nitrogens with one attached hydrogen (secondary N) is 1. The van der Waals surface area contributed by atoms with Crippen molar-refractivity contribution in [2.75, 3.05) is 11.6 Å². The van der Waals surface area contributed by atoms with Crippen molar-refractivity contribution in [1.29, 1.82) is 0 Å². The Hall–Kier alpha value is -1.73. The minimum Gasteiger partial charge on any atom is -0.477 e. The number of carboxylic acid groups (broad SMARTS) is 1. The van der Waals surface area contributed by atoms with Crippen LogP contribution in [-0.2, 0) is 6.54 Å². The number of thioether (sulfide) groups is 2. The number of carbonyl (C=O) groups is 1. The highest BCUT2D eigenvalue weighted by atomic mass is 32.2. The second kappa shape index (κ2) is 9.46. The van der Waals surface area contributed by atoms with Crippen LogP contribution in [-0.4, -0.2) is 32.5 Å². The monoisotopic (exact) mass is 403 g/mol. The molecule has 0 bridgehead atoms. The van der Waals surface area contributed by atoms with E-state index in [0.717, 1.165) is 18.4 Å². The smallest absolute Gasteiger partial charge is 0.342 e. The summed E-state index contributed by atoms with van der Waals surface area (Å²) in [6.45, 7) is 2.57. The number of nitrogens with zero attached hydrogens (tertiary/aromatic N) is 2. The molecule has 27 heavy (non-hydrogen) atoms. The summed E-state index contributed by atoms with van der Waals surface area (Å²) in [5.41, 5.74) is 2.47. The first kappa shape index (κ1) is 20.0. The third-order valence-corrected chi connectivity index (χ3v) is 6.53. The largest absolute Gasteiger partial charge is 0.477 e. The molecular weight excluding hydrogens is 378 g/mol. The SMILES string of the molecule is CSc1nc(NCc2ccc(C)cc2)c(C(=O)O)c(SC2CCCCC2)n1. The molecule has 5 nitrogen and oxygen atoms in total. The maximum atomic E-state index is 12.0. The zero-order chi connectivity index (χ0) is 19.2. The van der Waals surface area contributed by atoms with E-state index in [0.29, 0.717) is 27.8 Å². The third-order valence-electron chi connectivity index (χ3n) is 4.66. The molecule has 1 saturated carbocycles. The van der Waals surface area contributed by atoms with Crippen molar-refractivity contribution in [2.24, 2.45) is 0 Å². The van der Waals surface area contributed by atoms with Gasteiger partial charge in [-0.25, -0.2) is 14.8 Å². The summed E-state index contributed by atoms with van der Waals surface area (Å²) in [6.07, 6.45) is 7.83. The lowest BCUT2D eigenvalue weighted by Gasteiger charge is -2.22. The van der Waals surface area contributed by atoms with Gasteiger partial charge in [0.05, 0.1) is 0 Å². The van der Waals surface area contributed by atoms with Crippen LogP contribution in [0.15, 0.2) is 34.4 Å². The lowest BCUT2D eigenvalue weighted by molar-refractivity contribution is 0.0692. The van der Waals surface area contributed by atoms with E-state index < -0.39 is 5.97 Å². The molecule has 0 aliphatic heterocycles. The van der Waals surface area contributed by atoms with Gasteiger partial charge in [0.2, 0.25) is 0 Å². The Bertz CT molecular complexity index is 791. The van der Waals surface area contributed by atoms with E-state index in [1.165, 1.54) is 36.6 Å². The maximum Gasteiger partial charge on any atom is 0.342 e. The molecule has 1 fully saturated rings. The van der Waals surface area contributed by atoms with Crippen molar-refractivity contribution in [3.05, 3.63) is 41.0 Å². The first-order valence-corrected chi connectivity index (χ1v) is 11.3. The molecule has 3 rings (SSSR count). The summed E-state index contributed by atoms with van der Waals surface area (Å²) in [4.78, 5) is 21.0. The second-order valence-electron chi connectivity index (χ2n) is 6.76. The van der Waals surface area contributed by atoms with Gasteiger partial charge in [0.25, 0.3) is 0 Å². The molecule has 0 unspecified atom stereocenters. The van der Waals surface area contributed by atoms with Crippen molar-refractivity contribution in [3.8, 4) is 0 Å². The highest BCUT2D eigenvalue weighted by Gasteiger charge is 2.24. The fourth-order valence-electron chi connectivity index (χ4n) is 3.15. The first-order valence-electron chi connectivity index (χ1n) is 9.22. The van der Waals surface area contributed by atoms with Crippen LogP contribution in [0, 0.1) is 6.92 Å². The number of aromatic carboxylic acids is 1. The Morgan fingerprint density at radius 3 is 2.52 bits per heavy atom. The number of aryl methyl sites for hydroxylation is 1. The lowest BCUT2D eigenvalue weighted by Crippen LogP contribution is -2.14. The Morgan fingerprint density at radius 1 is 1.19 bits per heavy atom. The van der Waals surface area contributed by atoms with E-state index in [2.05, 4.69) is 15.3 Å². The standard InChI is InChI=1S/C20H25N3O2S2/c1-13-8-10-14(11-9-13)12-21-17-16(19(24)25)18(23-20(22-17)26-2)27-15-6-4-3-5-7-15/h8-11,15H,3-7,12H2,1-2H3,(H,24,25)(H,21,22,23). The molecule has 2 aromatic rings. The molecule has 1 aromatic heterocycles. The van der Waals surface area contributed by atoms with Gasteiger partial charge >= 0.3 is 5.97 Å². The Morgan fingerprint density at radius 2 is 1.89 bits per heavy atom. The molecule has 1 aliphatic rings. The summed E-state index contributed by atoms with van der Waals surface area (Å²) < 4.78 is 0. The van der Waals surface area contributed by atoms with Crippen LogP contribution in [0.4, 0.5) is 5.82 Å². The molecule has 1 aromatic carbocycles. The van der Waals surface area contributed by atoms with Crippen molar-refractivity contribution in [3.63, 3.8) is 0 Å². The predicted molar refractivity (Wildman–Crippen MR) is 112 cm³/mol. The zero-order valence-electron chi connectivity index (χ0n) is 15.7. The minimum atomic E-state index is -0.979. The normalized spacial score (nSPS) is 14.9. The Balaban J connectivity index is 1.87. The fourth-order valence-corrected chi connectivity index (χ4v) is 4.90. The molecule has 0 atom stereocenters. The molecule has 2 N–H and O–H groups in total. The minimum absolute atomic E-state index is 0.190. The van der Waals surface area contributed by atoms with E-state index >= 15 is 0 Å². The molecule has 7 heteroatoms. The Labute approximate surface area is 168 Å². The van der Waals surface area contributed by atoms with Crippen LogP contribution >= 0.6 is 23.5 Å². The molecule has 0 spiro atoms. The van der Waals surface area contributed by atoms with Crippen molar-refractivity contribution < 1.29 is 9.90 Å². The second-order valence-corrected chi connectivity index (χ2v) is 8.82. The van der Waals surface area contributed by atoms with Crippen LogP contribution < -0.4 is 5.32 Å². The number of rotatable bonds is 7. The van der Waals surface area contributed by atoms with Crippen molar-refractivity contribution in [2.45, 2.75) is 61.0 Å². The van der Waals surface area contributed by atoms with Gasteiger partial charge in [-0.15, -0.1) is 11.8 Å². The number of hydrogen-bond acceptors (Lipinski definition) is 6. The van der Waals surface area contributed by atoms with E-state index in [1.807, 2.05) is 37.4 Å². The van der Waals surface area contributed by atoms with Crippen LogP contribution in [0.5, 0.6) is 0 Å². The highest BCUT2D eigenvalue weighted by molar-refractivity contribution is 8.00. The first-order chi connectivity index (χ1) is 13.1. The van der Waals surface area contributed by atoms with Crippen LogP contribution in [0.25, 0.3) is 0 Å². The zero-order valence-corrected chi connectivity index (χ0v) is 17.3. The average Bonchev–Trinajstić information content (AvgIpc) is 2.67. The van der Waals surface area contributed by atoms with Crippen LogP contribution in [0.1, 0.15) is 53.6 Å². The van der Waals surface area contributed by atoms with Crippen molar-refractivity contribution >= 4 is 35.3 Å². The number of hydrogen-bond donors (Lipinski definition) is 2. The fraction of sp³-hybridized carbons (Fsp3) is 0.450. The third kappa shape index (κ3) is 5.39. The van der Waals surface area contributed by atoms with Gasteiger partial charge in [-0.1, -0.05) is 60.9 Å². The van der Waals surface area contributed by atoms with Crippen LogP contribution in [0.2, 0.25) is 0 Å². The van der Waals surface area contributed by atoms with Gasteiger partial charge in [0.1, 0.15) is 16.4 Å². The van der Waals surface area contributed by atoms with Gasteiger partial charge < -0.3 is 10.4 Å². The summed E-state index contributed by atoms with van der Waals surface area (Å²) in [5.74, 6) is -0.576. The highest BCUT2D eigenvalue weighted by Crippen LogP contribution is 2.36. The van der Waals surface area contributed by atoms with Gasteiger partial charge in [0, 0.05) is 11.8 Å². The summed E-state index contributed by atoms with van der Waals surface area (Å²) in [6, 6.07) is 8.17. The summed E-state index contributed by atoms with van der Waals surface area (Å²) in [7, 11) is 0. The number of benzene rings is 1. The number of anilines is 1. The van der Waals surface area contributed by atoms with Gasteiger partial charge in [-0.05, 0) is 31.6 Å². The van der Waals surface area contributed by atoms with E-state index in [-0.39, 0.29) is 5.56 Å². The van der Waals surface area contributed by atoms with Gasteiger partial charge in [-0.2, -0.15) is 0 Å². The lowest BCUT2D eigenvalue weighted by atomic mass is 10.0. The molecule has 1 heterocycles. The summed E-state index contributed by atoms with van der Waals surface area (Å²) >= 11 is 3.04. The quantitative estimate of drug-likeness (QED) is 0.372. The number of carboxylic acids is 1. The van der Waals surface area contributed by atoms with Crippen LogP contribution in [0.3, 0.4) is 0 Å². The van der Waals surface area contributed by atoms with E-state index in [1.54, 1.807) is 11.8 Å². The number of aromatic nitrogens is 2. The maximum absolute atomic E-state index is 12.0. The van der Waals surface area contributed by atoms with Crippen molar-refractivity contribution in [1.82, 2.24) is 9.97 Å². The molecule has 144 valence electrons. The van der Waals surface area contributed by atoms with E-state index in [9.17, 15) is 9.90 Å². The topological polar surface area (TPSA) is 75.1 Å². The predicted octanol–water partition coefficient (Wildman–Crippen LogP) is 5.24. The molecule has 0 radical (unpaired) electrons.